The fraction of sp³-hybridized carbons (Fsp3) is 0.417. The normalized spacial score (nSPS) is 19.7. The van der Waals surface area contributed by atoms with Gasteiger partial charge in [0.2, 0.25) is 5.91 Å². The van der Waals surface area contributed by atoms with Gasteiger partial charge >= 0.3 is 0 Å². The summed E-state index contributed by atoms with van der Waals surface area (Å²) in [7, 11) is 0. The number of carbonyl (C=O) groups is 1. The quantitative estimate of drug-likeness (QED) is 0.859. The van der Waals surface area contributed by atoms with Crippen molar-refractivity contribution in [1.29, 1.82) is 0 Å². The van der Waals surface area contributed by atoms with Crippen molar-refractivity contribution in [2.75, 3.05) is 10.2 Å². The molecule has 16 heavy (non-hydrogen) atoms. The minimum Gasteiger partial charge on any atom is -0.356 e. The highest BCUT2D eigenvalue weighted by molar-refractivity contribution is 9.10. The van der Waals surface area contributed by atoms with Crippen LogP contribution in [0.25, 0.3) is 0 Å². The molecule has 0 aromatic heterocycles. The number of anilines is 2. The van der Waals surface area contributed by atoms with Crippen molar-refractivity contribution in [1.82, 2.24) is 0 Å². The second-order valence-corrected chi connectivity index (χ2v) is 5.24. The van der Waals surface area contributed by atoms with Crippen LogP contribution in [0.2, 0.25) is 0 Å². The fourth-order valence-corrected chi connectivity index (χ4v) is 2.49. The number of rotatable bonds is 1. The number of hydrogen-bond acceptors (Lipinski definition) is 2. The van der Waals surface area contributed by atoms with Crippen molar-refractivity contribution in [3.05, 3.63) is 22.7 Å². The molecule has 1 aliphatic rings. The van der Waals surface area contributed by atoms with Gasteiger partial charge in [-0.05, 0) is 39.0 Å². The number of nitrogens with one attached hydrogen (secondary N) is 1. The maximum Gasteiger partial charge on any atom is 0.246 e. The number of halogens is 1. The van der Waals surface area contributed by atoms with E-state index in [-0.39, 0.29) is 11.9 Å². The van der Waals surface area contributed by atoms with E-state index in [0.717, 1.165) is 15.8 Å². The molecule has 0 saturated heterocycles. The van der Waals surface area contributed by atoms with Crippen LogP contribution in [0.1, 0.15) is 20.8 Å². The molecule has 4 heteroatoms. The molecule has 0 aliphatic carbocycles. The van der Waals surface area contributed by atoms with Gasteiger partial charge in [0.15, 0.2) is 0 Å². The first-order valence-corrected chi connectivity index (χ1v) is 6.18. The summed E-state index contributed by atoms with van der Waals surface area (Å²) in [5, 5.41) is 2.92. The number of nitrogens with zero attached hydrogens (tertiary/aromatic N) is 1. The van der Waals surface area contributed by atoms with Crippen molar-refractivity contribution < 1.29 is 4.79 Å². The van der Waals surface area contributed by atoms with E-state index in [1.54, 1.807) is 0 Å². The summed E-state index contributed by atoms with van der Waals surface area (Å²) in [5.74, 6) is 0.0549. The third-order valence-electron chi connectivity index (χ3n) is 2.85. The average Bonchev–Trinajstić information content (AvgIpc) is 2.19. The summed E-state index contributed by atoms with van der Waals surface area (Å²) < 4.78 is 0.977. The third-order valence-corrected chi connectivity index (χ3v) is 3.34. The van der Waals surface area contributed by atoms with Crippen LogP contribution in [-0.2, 0) is 4.79 Å². The topological polar surface area (TPSA) is 32.3 Å². The maximum absolute atomic E-state index is 11.8. The Labute approximate surface area is 104 Å². The van der Waals surface area contributed by atoms with Gasteiger partial charge in [0, 0.05) is 10.5 Å². The molecule has 0 bridgehead atoms. The van der Waals surface area contributed by atoms with Crippen LogP contribution in [0, 0.1) is 0 Å². The third kappa shape index (κ3) is 1.82. The first kappa shape index (κ1) is 11.5. The summed E-state index contributed by atoms with van der Waals surface area (Å²) in [6.07, 6.45) is 0. The van der Waals surface area contributed by atoms with Crippen LogP contribution in [0.5, 0.6) is 0 Å². The van der Waals surface area contributed by atoms with Gasteiger partial charge in [-0.3, -0.25) is 4.79 Å². The van der Waals surface area contributed by atoms with Crippen molar-refractivity contribution in [3.63, 3.8) is 0 Å². The Morgan fingerprint density at radius 1 is 1.44 bits per heavy atom. The maximum atomic E-state index is 11.8. The van der Waals surface area contributed by atoms with Crippen molar-refractivity contribution >= 4 is 33.2 Å². The lowest BCUT2D eigenvalue weighted by Crippen LogP contribution is -2.49. The van der Waals surface area contributed by atoms with E-state index < -0.39 is 0 Å². The average molecular weight is 283 g/mol. The van der Waals surface area contributed by atoms with E-state index in [0.29, 0.717) is 6.04 Å². The molecule has 1 amide bonds. The Balaban J connectivity index is 2.52. The van der Waals surface area contributed by atoms with E-state index in [2.05, 4.69) is 40.0 Å². The minimum atomic E-state index is -0.117. The number of hydrogen-bond donors (Lipinski definition) is 1. The van der Waals surface area contributed by atoms with Gasteiger partial charge in [-0.15, -0.1) is 0 Å². The summed E-state index contributed by atoms with van der Waals surface area (Å²) in [5.41, 5.74) is 1.97. The molecule has 1 N–H and O–H groups in total. The lowest BCUT2D eigenvalue weighted by atomic mass is 10.1. The Kier molecular flexibility index (Phi) is 2.93. The highest BCUT2D eigenvalue weighted by Crippen LogP contribution is 2.35. The Bertz CT molecular complexity index is 431. The molecular formula is C12H15BrN2O. The molecule has 0 saturated carbocycles. The summed E-state index contributed by atoms with van der Waals surface area (Å²) in [4.78, 5) is 14.0. The molecule has 86 valence electrons. The first-order valence-electron chi connectivity index (χ1n) is 5.39. The van der Waals surface area contributed by atoms with E-state index in [4.69, 9.17) is 0 Å². The second-order valence-electron chi connectivity index (χ2n) is 4.33. The van der Waals surface area contributed by atoms with Crippen molar-refractivity contribution in [3.8, 4) is 0 Å². The van der Waals surface area contributed by atoms with Gasteiger partial charge in [0.1, 0.15) is 6.04 Å². The second kappa shape index (κ2) is 4.09. The molecule has 0 radical (unpaired) electrons. The molecule has 1 heterocycles. The highest BCUT2D eigenvalue weighted by Gasteiger charge is 2.30. The SMILES string of the molecule is CC(C)N1c2ccc(Br)cc2NC(=O)C1C. The Morgan fingerprint density at radius 2 is 2.12 bits per heavy atom. The summed E-state index contributed by atoms with van der Waals surface area (Å²) >= 11 is 3.41. The molecular weight excluding hydrogens is 268 g/mol. The molecule has 2 rings (SSSR count). The zero-order valence-corrected chi connectivity index (χ0v) is 11.2. The molecule has 1 aromatic rings. The van der Waals surface area contributed by atoms with Gasteiger partial charge in [0.05, 0.1) is 11.4 Å². The molecule has 1 aromatic carbocycles. The van der Waals surface area contributed by atoms with Crippen LogP contribution >= 0.6 is 15.9 Å². The van der Waals surface area contributed by atoms with Crippen LogP contribution in [0.4, 0.5) is 11.4 Å². The minimum absolute atomic E-state index is 0.0549. The van der Waals surface area contributed by atoms with Crippen LogP contribution in [0.15, 0.2) is 22.7 Å². The van der Waals surface area contributed by atoms with E-state index in [1.165, 1.54) is 0 Å². The Morgan fingerprint density at radius 3 is 2.75 bits per heavy atom. The molecule has 1 aliphatic heterocycles. The standard InChI is InChI=1S/C12H15BrN2O/c1-7(2)15-8(3)12(16)14-10-6-9(13)4-5-11(10)15/h4-8H,1-3H3,(H,14,16). The molecule has 3 nitrogen and oxygen atoms in total. The zero-order valence-electron chi connectivity index (χ0n) is 9.62. The van der Waals surface area contributed by atoms with Gasteiger partial charge in [-0.1, -0.05) is 15.9 Å². The predicted molar refractivity (Wildman–Crippen MR) is 69.8 cm³/mol. The van der Waals surface area contributed by atoms with E-state index in [9.17, 15) is 4.79 Å². The van der Waals surface area contributed by atoms with Crippen LogP contribution in [-0.4, -0.2) is 18.0 Å². The predicted octanol–water partition coefficient (Wildman–Crippen LogP) is 3.00. The van der Waals surface area contributed by atoms with Gasteiger partial charge < -0.3 is 10.2 Å². The number of benzene rings is 1. The zero-order chi connectivity index (χ0) is 11.9. The van der Waals surface area contributed by atoms with E-state index >= 15 is 0 Å². The summed E-state index contributed by atoms with van der Waals surface area (Å²) in [6, 6.07) is 6.16. The fourth-order valence-electron chi connectivity index (χ4n) is 2.13. The number of fused-ring (bicyclic) bond motifs is 1. The molecule has 0 spiro atoms. The number of carbonyl (C=O) groups excluding carboxylic acids is 1. The lowest BCUT2D eigenvalue weighted by molar-refractivity contribution is -0.117. The molecule has 1 atom stereocenters. The van der Waals surface area contributed by atoms with Gasteiger partial charge in [-0.2, -0.15) is 0 Å². The highest BCUT2D eigenvalue weighted by atomic mass is 79.9. The summed E-state index contributed by atoms with van der Waals surface area (Å²) in [6.45, 7) is 6.13. The molecule has 0 fully saturated rings. The van der Waals surface area contributed by atoms with E-state index in [1.807, 2.05) is 25.1 Å². The van der Waals surface area contributed by atoms with Gasteiger partial charge in [0.25, 0.3) is 0 Å². The van der Waals surface area contributed by atoms with Crippen molar-refractivity contribution in [2.45, 2.75) is 32.9 Å². The Hall–Kier alpha value is -1.03. The largest absolute Gasteiger partial charge is 0.356 e. The molecule has 1 unspecified atom stereocenters. The van der Waals surface area contributed by atoms with Crippen LogP contribution in [0.3, 0.4) is 0 Å². The smallest absolute Gasteiger partial charge is 0.246 e. The number of amides is 1. The lowest BCUT2D eigenvalue weighted by Gasteiger charge is -2.39. The first-order chi connectivity index (χ1) is 7.50. The monoisotopic (exact) mass is 282 g/mol. The van der Waals surface area contributed by atoms with Gasteiger partial charge in [-0.25, -0.2) is 0 Å². The van der Waals surface area contributed by atoms with Crippen molar-refractivity contribution in [2.24, 2.45) is 0 Å². The van der Waals surface area contributed by atoms with Crippen LogP contribution < -0.4 is 10.2 Å².